The molecule has 1 heterocycles. The largest absolute Gasteiger partial charge is 0.380 e. The van der Waals surface area contributed by atoms with E-state index in [1.165, 1.54) is 32.1 Å². The molecule has 0 amide bonds. The number of nitrogens with one attached hydrogen (secondary N) is 1. The average molecular weight is 169 g/mol. The fraction of sp³-hybridized carbons (Fsp3) is 1.00. The van der Waals surface area contributed by atoms with E-state index >= 15 is 0 Å². The predicted molar refractivity (Wildman–Crippen MR) is 49.2 cm³/mol. The highest BCUT2D eigenvalue weighted by Crippen LogP contribution is 2.32. The van der Waals surface area contributed by atoms with Crippen LogP contribution < -0.4 is 5.32 Å². The lowest BCUT2D eigenvalue weighted by Crippen LogP contribution is -2.54. The van der Waals surface area contributed by atoms with Crippen molar-refractivity contribution in [2.24, 2.45) is 0 Å². The van der Waals surface area contributed by atoms with Crippen LogP contribution in [0.4, 0.5) is 0 Å². The zero-order chi connectivity index (χ0) is 8.44. The Bertz CT molecular complexity index is 148. The van der Waals surface area contributed by atoms with Gasteiger partial charge in [-0.05, 0) is 39.0 Å². The molecular formula is C10H19NO. The summed E-state index contributed by atoms with van der Waals surface area (Å²) < 4.78 is 5.43. The summed E-state index contributed by atoms with van der Waals surface area (Å²) in [5, 5.41) is 3.71. The normalized spacial score (nSPS) is 34.2. The maximum Gasteiger partial charge on any atom is 0.0619 e. The molecule has 2 fully saturated rings. The van der Waals surface area contributed by atoms with Crippen LogP contribution in [0.1, 0.15) is 39.0 Å². The Hall–Kier alpha value is -0.0800. The van der Waals surface area contributed by atoms with Crippen LogP contribution in [0.15, 0.2) is 0 Å². The van der Waals surface area contributed by atoms with Crippen molar-refractivity contribution in [3.63, 3.8) is 0 Å². The lowest BCUT2D eigenvalue weighted by molar-refractivity contribution is 0.0473. The molecule has 1 unspecified atom stereocenters. The lowest BCUT2D eigenvalue weighted by atomic mass is 9.78. The molecule has 1 saturated carbocycles. The van der Waals surface area contributed by atoms with Crippen LogP contribution in [0.25, 0.3) is 0 Å². The van der Waals surface area contributed by atoms with Crippen LogP contribution in [0.5, 0.6) is 0 Å². The fourth-order valence-electron chi connectivity index (χ4n) is 2.20. The third kappa shape index (κ3) is 1.80. The van der Waals surface area contributed by atoms with Crippen molar-refractivity contribution >= 4 is 0 Å². The van der Waals surface area contributed by atoms with Gasteiger partial charge in [-0.2, -0.15) is 0 Å². The average Bonchev–Trinajstić information content (AvgIpc) is 2.04. The third-order valence-electron chi connectivity index (χ3n) is 3.17. The molecule has 70 valence electrons. The molecule has 1 aliphatic carbocycles. The summed E-state index contributed by atoms with van der Waals surface area (Å²) in [6, 6.07) is 0.629. The minimum absolute atomic E-state index is 0.450. The molecular weight excluding hydrogens is 150 g/mol. The van der Waals surface area contributed by atoms with Crippen LogP contribution >= 0.6 is 0 Å². The second-order valence-electron chi connectivity index (χ2n) is 4.47. The van der Waals surface area contributed by atoms with Crippen LogP contribution in [-0.4, -0.2) is 24.8 Å². The highest BCUT2D eigenvalue weighted by molar-refractivity contribution is 4.94. The van der Waals surface area contributed by atoms with Gasteiger partial charge >= 0.3 is 0 Å². The molecule has 0 radical (unpaired) electrons. The van der Waals surface area contributed by atoms with Crippen molar-refractivity contribution in [3.8, 4) is 0 Å². The quantitative estimate of drug-likeness (QED) is 0.679. The van der Waals surface area contributed by atoms with Gasteiger partial charge in [0.2, 0.25) is 0 Å². The van der Waals surface area contributed by atoms with Gasteiger partial charge in [0.05, 0.1) is 6.61 Å². The molecule has 1 saturated heterocycles. The lowest BCUT2D eigenvalue weighted by Gasteiger charge is -2.43. The first-order valence-corrected chi connectivity index (χ1v) is 5.14. The molecule has 2 rings (SSSR count). The van der Waals surface area contributed by atoms with Gasteiger partial charge in [0.25, 0.3) is 0 Å². The van der Waals surface area contributed by atoms with E-state index < -0.39 is 0 Å². The van der Waals surface area contributed by atoms with E-state index in [-0.39, 0.29) is 0 Å². The summed E-state index contributed by atoms with van der Waals surface area (Å²) in [6.07, 6.45) is 6.63. The summed E-state index contributed by atoms with van der Waals surface area (Å²) in [5.74, 6) is 0. The highest BCUT2D eigenvalue weighted by atomic mass is 16.5. The van der Waals surface area contributed by atoms with Crippen LogP contribution in [0.3, 0.4) is 0 Å². The molecule has 0 aromatic heterocycles. The van der Waals surface area contributed by atoms with Crippen LogP contribution in [0.2, 0.25) is 0 Å². The Morgan fingerprint density at radius 3 is 2.67 bits per heavy atom. The first-order chi connectivity index (χ1) is 5.79. The van der Waals surface area contributed by atoms with Gasteiger partial charge in [-0.3, -0.25) is 0 Å². The van der Waals surface area contributed by atoms with Crippen molar-refractivity contribution in [2.75, 3.05) is 13.2 Å². The Kier molecular flexibility index (Phi) is 2.37. The van der Waals surface area contributed by atoms with Gasteiger partial charge < -0.3 is 10.1 Å². The van der Waals surface area contributed by atoms with E-state index in [0.29, 0.717) is 11.6 Å². The van der Waals surface area contributed by atoms with E-state index in [9.17, 15) is 0 Å². The molecule has 0 bridgehead atoms. The summed E-state index contributed by atoms with van der Waals surface area (Å²) >= 11 is 0. The Morgan fingerprint density at radius 2 is 2.17 bits per heavy atom. The van der Waals surface area contributed by atoms with Crippen LogP contribution in [-0.2, 0) is 4.74 Å². The van der Waals surface area contributed by atoms with Crippen molar-refractivity contribution < 1.29 is 4.74 Å². The van der Waals surface area contributed by atoms with E-state index in [0.717, 1.165) is 13.2 Å². The smallest absolute Gasteiger partial charge is 0.0619 e. The highest BCUT2D eigenvalue weighted by Gasteiger charge is 2.33. The van der Waals surface area contributed by atoms with E-state index in [4.69, 9.17) is 4.74 Å². The van der Waals surface area contributed by atoms with Gasteiger partial charge in [-0.25, -0.2) is 0 Å². The first kappa shape index (κ1) is 8.52. The summed E-state index contributed by atoms with van der Waals surface area (Å²) in [4.78, 5) is 0. The Balaban J connectivity index is 1.77. The molecule has 2 nitrogen and oxygen atoms in total. The standard InChI is InChI=1S/C10H19NO/c1-10(5-3-6-10)11-9-4-2-7-12-8-9/h9,11H,2-8H2,1H3. The van der Waals surface area contributed by atoms with E-state index in [1.807, 2.05) is 0 Å². The summed E-state index contributed by atoms with van der Waals surface area (Å²) in [6.45, 7) is 4.23. The van der Waals surface area contributed by atoms with Gasteiger partial charge in [0.15, 0.2) is 0 Å². The minimum Gasteiger partial charge on any atom is -0.380 e. The third-order valence-corrected chi connectivity index (χ3v) is 3.17. The van der Waals surface area contributed by atoms with Gasteiger partial charge in [0, 0.05) is 18.2 Å². The zero-order valence-electron chi connectivity index (χ0n) is 7.94. The number of ether oxygens (including phenoxy) is 1. The number of rotatable bonds is 2. The summed E-state index contributed by atoms with van der Waals surface area (Å²) in [5.41, 5.74) is 0.450. The van der Waals surface area contributed by atoms with Crippen LogP contribution in [0, 0.1) is 0 Å². The molecule has 1 aliphatic heterocycles. The summed E-state index contributed by atoms with van der Waals surface area (Å²) in [7, 11) is 0. The fourth-order valence-corrected chi connectivity index (χ4v) is 2.20. The van der Waals surface area contributed by atoms with E-state index in [1.54, 1.807) is 0 Å². The molecule has 2 heteroatoms. The minimum atomic E-state index is 0.450. The molecule has 0 aromatic rings. The van der Waals surface area contributed by atoms with Crippen molar-refractivity contribution in [1.82, 2.24) is 5.32 Å². The maximum atomic E-state index is 5.43. The van der Waals surface area contributed by atoms with Crippen molar-refractivity contribution in [3.05, 3.63) is 0 Å². The Morgan fingerprint density at radius 1 is 1.33 bits per heavy atom. The number of hydrogen-bond acceptors (Lipinski definition) is 2. The number of hydrogen-bond donors (Lipinski definition) is 1. The van der Waals surface area contributed by atoms with E-state index in [2.05, 4.69) is 12.2 Å². The Labute approximate surface area is 74.7 Å². The SMILES string of the molecule is CC1(NC2CCCOC2)CCC1. The first-order valence-electron chi connectivity index (χ1n) is 5.14. The molecule has 0 spiro atoms. The molecule has 1 N–H and O–H groups in total. The molecule has 2 aliphatic rings. The van der Waals surface area contributed by atoms with Gasteiger partial charge in [0.1, 0.15) is 0 Å². The molecule has 12 heavy (non-hydrogen) atoms. The van der Waals surface area contributed by atoms with Gasteiger partial charge in [-0.15, -0.1) is 0 Å². The second kappa shape index (κ2) is 3.35. The molecule has 1 atom stereocenters. The second-order valence-corrected chi connectivity index (χ2v) is 4.47. The van der Waals surface area contributed by atoms with Crippen molar-refractivity contribution in [2.45, 2.75) is 50.6 Å². The van der Waals surface area contributed by atoms with Gasteiger partial charge in [-0.1, -0.05) is 0 Å². The monoisotopic (exact) mass is 169 g/mol. The van der Waals surface area contributed by atoms with Crippen molar-refractivity contribution in [1.29, 1.82) is 0 Å². The topological polar surface area (TPSA) is 21.3 Å². The maximum absolute atomic E-state index is 5.43. The molecule has 0 aromatic carbocycles. The predicted octanol–water partition coefficient (Wildman–Crippen LogP) is 1.70. The zero-order valence-corrected chi connectivity index (χ0v) is 7.94.